The third-order valence-electron chi connectivity index (χ3n) is 3.71. The third-order valence-corrected chi connectivity index (χ3v) is 14.0. The van der Waals surface area contributed by atoms with Crippen LogP contribution in [0.1, 0.15) is 38.5 Å². The highest BCUT2D eigenvalue weighted by molar-refractivity contribution is 7.64. The van der Waals surface area contributed by atoms with Crippen molar-refractivity contribution in [1.29, 1.82) is 0 Å². The van der Waals surface area contributed by atoms with Crippen molar-refractivity contribution in [2.75, 3.05) is 6.54 Å². The molecule has 0 atom stereocenters. The molecule has 0 fully saturated rings. The van der Waals surface area contributed by atoms with Crippen LogP contribution >= 0.6 is 33.2 Å². The summed E-state index contributed by atoms with van der Waals surface area (Å²) in [5, 5.41) is 0. The van der Waals surface area contributed by atoms with Gasteiger partial charge in [-0.2, -0.15) is 0 Å². The Labute approximate surface area is 150 Å². The summed E-state index contributed by atoms with van der Waals surface area (Å²) in [5.41, 5.74) is 0. The van der Waals surface area contributed by atoms with Gasteiger partial charge in [0.2, 0.25) is 0 Å². The molecule has 0 amide bonds. The van der Waals surface area contributed by atoms with Gasteiger partial charge in [-0.25, -0.2) is 0 Å². The lowest BCUT2D eigenvalue weighted by Crippen LogP contribution is -2.59. The van der Waals surface area contributed by atoms with Gasteiger partial charge in [-0.05, 0) is 19.0 Å². The second-order valence-corrected chi connectivity index (χ2v) is 27.5. The van der Waals surface area contributed by atoms with Crippen molar-refractivity contribution in [3.05, 3.63) is 0 Å². The van der Waals surface area contributed by atoms with Gasteiger partial charge in [0.25, 0.3) is 0 Å². The van der Waals surface area contributed by atoms with E-state index in [1.807, 2.05) is 0 Å². The van der Waals surface area contributed by atoms with Gasteiger partial charge in [0.15, 0.2) is 0 Å². The summed E-state index contributed by atoms with van der Waals surface area (Å²) in [5.74, 6) is 0. The molecule has 0 saturated heterocycles. The normalized spacial score (nSPS) is 14.0. The summed E-state index contributed by atoms with van der Waals surface area (Å²) in [6, 6.07) is -1.55. The Hall–Kier alpha value is 1.48. The Morgan fingerprint density at radius 3 is 1.38 bits per heavy atom. The molecule has 0 radical (unpaired) electrons. The zero-order chi connectivity index (χ0) is 16.7. The van der Waals surface area contributed by atoms with Gasteiger partial charge in [-0.1, -0.05) is 71.4 Å². The first-order chi connectivity index (χ1) is 9.34. The minimum atomic E-state index is -2.37. The average Bonchev–Trinajstić information content (AvgIpc) is 2.21. The topological polar surface area (TPSA) is 3.24 Å². The summed E-state index contributed by atoms with van der Waals surface area (Å²) in [6.45, 7) is 16.2. The standard InChI is InChI=1S/C14H34Cl3NSi3/c1-19(2,3)18(20(4,5)6)13-11-9-7-8-10-12-14-21(15,16)17/h7-14H2,1-6H3. The van der Waals surface area contributed by atoms with Crippen LogP contribution in [0.3, 0.4) is 0 Å². The molecule has 0 aliphatic heterocycles. The predicted octanol–water partition coefficient (Wildman–Crippen LogP) is 6.95. The smallest absolute Gasteiger partial charge is 0.341 e. The molecule has 0 heterocycles. The minimum absolute atomic E-state index is 0.816. The Kier molecular flexibility index (Phi) is 10.4. The van der Waals surface area contributed by atoms with Gasteiger partial charge in [0, 0.05) is 0 Å². The molecule has 0 aliphatic rings. The molecule has 7 heteroatoms. The SMILES string of the molecule is C[Si](C)(C)N(CCCCCCCC[Si](Cl)(Cl)Cl)[Si](C)(C)C. The lowest BCUT2D eigenvalue weighted by molar-refractivity contribution is 0.533. The molecule has 0 aliphatic carbocycles. The van der Waals surface area contributed by atoms with Gasteiger partial charge in [0.05, 0.1) is 0 Å². The van der Waals surface area contributed by atoms with E-state index in [1.165, 1.54) is 38.6 Å². The van der Waals surface area contributed by atoms with Crippen LogP contribution in [0.2, 0.25) is 45.3 Å². The van der Waals surface area contributed by atoms with Crippen LogP contribution in [0.25, 0.3) is 0 Å². The molecular formula is C14H34Cl3NSi3. The average molecular weight is 407 g/mol. The van der Waals surface area contributed by atoms with E-state index in [0.717, 1.165) is 12.5 Å². The minimum Gasteiger partial charge on any atom is -0.346 e. The van der Waals surface area contributed by atoms with Crippen molar-refractivity contribution < 1.29 is 0 Å². The van der Waals surface area contributed by atoms with Crippen molar-refractivity contribution in [1.82, 2.24) is 4.23 Å². The molecular weight excluding hydrogens is 373 g/mol. The van der Waals surface area contributed by atoms with Gasteiger partial charge in [-0.3, -0.25) is 0 Å². The second kappa shape index (κ2) is 9.70. The maximum absolute atomic E-state index is 5.89. The molecule has 128 valence electrons. The van der Waals surface area contributed by atoms with Gasteiger partial charge >= 0.3 is 6.00 Å². The second-order valence-electron chi connectivity index (χ2n) is 7.98. The van der Waals surface area contributed by atoms with Crippen LogP contribution < -0.4 is 0 Å². The monoisotopic (exact) mass is 405 g/mol. The molecule has 0 aromatic carbocycles. The van der Waals surface area contributed by atoms with E-state index in [1.54, 1.807) is 0 Å². The Bertz CT molecular complexity index is 269. The highest BCUT2D eigenvalue weighted by atomic mass is 35.8. The van der Waals surface area contributed by atoms with E-state index >= 15 is 0 Å². The van der Waals surface area contributed by atoms with Crippen LogP contribution in [0.5, 0.6) is 0 Å². The number of hydrogen-bond acceptors (Lipinski definition) is 1. The quantitative estimate of drug-likeness (QED) is 0.204. The maximum atomic E-state index is 5.89. The lowest BCUT2D eigenvalue weighted by atomic mass is 10.1. The highest BCUT2D eigenvalue weighted by Crippen LogP contribution is 2.27. The van der Waals surface area contributed by atoms with Crippen molar-refractivity contribution in [2.24, 2.45) is 0 Å². The summed E-state index contributed by atoms with van der Waals surface area (Å²) >= 11 is 17.7. The summed E-state index contributed by atoms with van der Waals surface area (Å²) in [4.78, 5) is 0. The first kappa shape index (κ1) is 22.5. The van der Waals surface area contributed by atoms with E-state index in [4.69, 9.17) is 33.2 Å². The Morgan fingerprint density at radius 1 is 0.619 bits per heavy atom. The fourth-order valence-corrected chi connectivity index (χ4v) is 14.5. The zero-order valence-corrected chi connectivity index (χ0v) is 20.0. The van der Waals surface area contributed by atoms with E-state index in [2.05, 4.69) is 43.5 Å². The molecule has 0 aromatic rings. The first-order valence-electron chi connectivity index (χ1n) is 8.18. The Morgan fingerprint density at radius 2 is 1.00 bits per heavy atom. The lowest BCUT2D eigenvalue weighted by Gasteiger charge is -2.43. The molecule has 0 N–H and O–H groups in total. The largest absolute Gasteiger partial charge is 0.346 e. The third kappa shape index (κ3) is 12.6. The molecule has 0 aromatic heterocycles. The maximum Gasteiger partial charge on any atom is 0.341 e. The van der Waals surface area contributed by atoms with E-state index in [-0.39, 0.29) is 0 Å². The van der Waals surface area contributed by atoms with Gasteiger partial charge < -0.3 is 4.23 Å². The molecule has 0 rings (SSSR count). The first-order valence-corrected chi connectivity index (χ1v) is 20.3. The van der Waals surface area contributed by atoms with Crippen molar-refractivity contribution in [3.63, 3.8) is 0 Å². The molecule has 0 spiro atoms. The number of nitrogens with zero attached hydrogens (tertiary/aromatic N) is 1. The predicted molar refractivity (Wildman–Crippen MR) is 109 cm³/mol. The molecule has 0 saturated carbocycles. The zero-order valence-electron chi connectivity index (χ0n) is 14.7. The summed E-state index contributed by atoms with van der Waals surface area (Å²) in [6.07, 6.45) is 7.59. The molecule has 0 bridgehead atoms. The fraction of sp³-hybridized carbons (Fsp3) is 1.00. The molecule has 1 nitrogen and oxygen atoms in total. The van der Waals surface area contributed by atoms with Gasteiger partial charge in [-0.15, -0.1) is 33.2 Å². The van der Waals surface area contributed by atoms with Crippen LogP contribution in [-0.4, -0.2) is 33.2 Å². The summed E-state index contributed by atoms with van der Waals surface area (Å²) in [7, 11) is -2.34. The van der Waals surface area contributed by atoms with Crippen molar-refractivity contribution in [3.8, 4) is 0 Å². The summed E-state index contributed by atoms with van der Waals surface area (Å²) < 4.78 is 2.88. The van der Waals surface area contributed by atoms with Crippen LogP contribution in [-0.2, 0) is 0 Å². The Balaban J connectivity index is 3.79. The number of unbranched alkanes of at least 4 members (excludes halogenated alkanes) is 5. The van der Waals surface area contributed by atoms with E-state index < -0.39 is 22.5 Å². The number of rotatable bonds is 11. The number of halogens is 3. The van der Waals surface area contributed by atoms with Crippen LogP contribution in [0, 0.1) is 0 Å². The highest BCUT2D eigenvalue weighted by Gasteiger charge is 2.33. The number of hydrogen-bond donors (Lipinski definition) is 0. The van der Waals surface area contributed by atoms with Crippen molar-refractivity contribution in [2.45, 2.75) is 83.9 Å². The van der Waals surface area contributed by atoms with E-state index in [0.29, 0.717) is 0 Å². The van der Waals surface area contributed by atoms with Crippen LogP contribution in [0.4, 0.5) is 0 Å². The van der Waals surface area contributed by atoms with Crippen molar-refractivity contribution >= 4 is 55.7 Å². The fourth-order valence-electron chi connectivity index (χ4n) is 2.98. The van der Waals surface area contributed by atoms with Gasteiger partial charge in [0.1, 0.15) is 16.5 Å². The van der Waals surface area contributed by atoms with E-state index in [9.17, 15) is 0 Å². The molecule has 21 heavy (non-hydrogen) atoms. The van der Waals surface area contributed by atoms with Crippen LogP contribution in [0.15, 0.2) is 0 Å². The molecule has 0 unspecified atom stereocenters.